The van der Waals surface area contributed by atoms with E-state index < -0.39 is 10.8 Å². The number of ether oxygens (including phenoxy) is 2. The maximum absolute atomic E-state index is 9.09. The first-order valence-corrected chi connectivity index (χ1v) is 11.7. The number of benzene rings is 3. The van der Waals surface area contributed by atoms with Gasteiger partial charge in [0.25, 0.3) is 12.5 Å². The van der Waals surface area contributed by atoms with Crippen molar-refractivity contribution in [3.8, 4) is 24.0 Å². The zero-order chi connectivity index (χ0) is 27.5. The third-order valence-electron chi connectivity index (χ3n) is 7.08. The predicted molar refractivity (Wildman–Crippen MR) is 145 cm³/mol. The summed E-state index contributed by atoms with van der Waals surface area (Å²) < 4.78 is 10.3. The van der Waals surface area contributed by atoms with Crippen molar-refractivity contribution >= 4 is 11.7 Å². The van der Waals surface area contributed by atoms with Crippen molar-refractivity contribution in [3.63, 3.8) is 0 Å². The third-order valence-corrected chi connectivity index (χ3v) is 7.08. The van der Waals surface area contributed by atoms with Crippen LogP contribution in [-0.4, -0.2) is 11.7 Å². The van der Waals surface area contributed by atoms with Gasteiger partial charge in [-0.05, 0) is 53.8 Å². The summed E-state index contributed by atoms with van der Waals surface area (Å²) in [5, 5.41) is 35.8. The summed E-state index contributed by atoms with van der Waals surface area (Å²) >= 11 is 0. The molecule has 1 aliphatic carbocycles. The molecule has 0 saturated carbocycles. The summed E-state index contributed by atoms with van der Waals surface area (Å²) in [5.41, 5.74) is 14.0. The average molecular weight is 503 g/mol. The zero-order valence-corrected chi connectivity index (χ0v) is 20.9. The molecule has 38 heavy (non-hydrogen) atoms. The third kappa shape index (κ3) is 3.76. The van der Waals surface area contributed by atoms with Gasteiger partial charge in [-0.1, -0.05) is 72.8 Å². The van der Waals surface area contributed by atoms with E-state index in [9.17, 15) is 0 Å². The van der Waals surface area contributed by atoms with Crippen molar-refractivity contribution in [3.05, 3.63) is 118 Å². The first kappa shape index (κ1) is 25.7. The van der Waals surface area contributed by atoms with E-state index in [4.69, 9.17) is 42.3 Å². The monoisotopic (exact) mass is 502 g/mol. The van der Waals surface area contributed by atoms with Gasteiger partial charge in [-0.25, -0.2) is 0 Å². The van der Waals surface area contributed by atoms with Crippen molar-refractivity contribution in [2.75, 3.05) is 0 Å². The van der Waals surface area contributed by atoms with Crippen molar-refractivity contribution < 1.29 is 9.47 Å². The van der Waals surface area contributed by atoms with Crippen LogP contribution in [0.15, 0.2) is 90.5 Å². The van der Waals surface area contributed by atoms with Gasteiger partial charge in [0.05, 0.1) is 10.8 Å². The first-order valence-electron chi connectivity index (χ1n) is 11.7. The van der Waals surface area contributed by atoms with Crippen LogP contribution in [0, 0.1) is 47.7 Å². The number of hydrogen-bond acceptors (Lipinski definition) is 6. The van der Waals surface area contributed by atoms with E-state index in [-0.39, 0.29) is 11.7 Å². The zero-order valence-electron chi connectivity index (χ0n) is 20.9. The molecule has 6 N–H and O–H groups in total. The molecule has 0 fully saturated rings. The molecule has 3 aromatic carbocycles. The highest BCUT2D eigenvalue weighted by Crippen LogP contribution is 2.56. The van der Waals surface area contributed by atoms with Crippen molar-refractivity contribution in [1.82, 2.24) is 0 Å². The lowest BCUT2D eigenvalue weighted by atomic mass is 9.49. The number of aryl methyl sites for hydroxylation is 2. The Hall–Kier alpha value is -5.34. The fourth-order valence-electron chi connectivity index (χ4n) is 5.54. The quantitative estimate of drug-likeness (QED) is 0.209. The van der Waals surface area contributed by atoms with E-state index in [1.807, 2.05) is 80.6 Å². The second-order valence-corrected chi connectivity index (χ2v) is 9.04. The summed E-state index contributed by atoms with van der Waals surface area (Å²) in [5.74, 6) is 0.366. The van der Waals surface area contributed by atoms with E-state index >= 15 is 0 Å². The molecule has 1 unspecified atom stereocenters. The minimum Gasteiger partial charge on any atom is -0.388 e. The normalized spacial score (nSPS) is 17.4. The SMILES string of the molecule is Cc1cc(C2(c3ccc(OC#N)c(C)c3)C=CC=C(C(=N)N)C2(C(=N)N)c2ccccc2)ccc1OC#N. The molecule has 3 aromatic rings. The van der Waals surface area contributed by atoms with Crippen LogP contribution in [0.25, 0.3) is 0 Å². The van der Waals surface area contributed by atoms with Gasteiger partial charge < -0.3 is 20.9 Å². The highest BCUT2D eigenvalue weighted by atomic mass is 16.5. The number of nitrogens with zero attached hydrogens (tertiary/aromatic N) is 2. The van der Waals surface area contributed by atoms with Crippen LogP contribution < -0.4 is 20.9 Å². The largest absolute Gasteiger partial charge is 0.388 e. The molecular weight excluding hydrogens is 476 g/mol. The summed E-state index contributed by atoms with van der Waals surface area (Å²) in [6.45, 7) is 3.65. The highest BCUT2D eigenvalue weighted by molar-refractivity contribution is 6.10. The molecule has 8 heteroatoms. The van der Waals surface area contributed by atoms with Gasteiger partial charge in [0, 0.05) is 5.57 Å². The number of nitrogens with one attached hydrogen (secondary N) is 2. The molecule has 188 valence electrons. The van der Waals surface area contributed by atoms with E-state index in [1.54, 1.807) is 30.7 Å². The molecule has 0 aliphatic heterocycles. The second-order valence-electron chi connectivity index (χ2n) is 9.04. The lowest BCUT2D eigenvalue weighted by Gasteiger charge is -2.52. The van der Waals surface area contributed by atoms with Crippen molar-refractivity contribution in [2.24, 2.45) is 11.5 Å². The predicted octanol–water partition coefficient (Wildman–Crippen LogP) is 4.62. The van der Waals surface area contributed by atoms with Gasteiger partial charge in [-0.3, -0.25) is 10.8 Å². The molecule has 4 rings (SSSR count). The second kappa shape index (κ2) is 9.96. The lowest BCUT2D eigenvalue weighted by molar-refractivity contribution is 0.462. The van der Waals surface area contributed by atoms with Gasteiger partial charge in [-0.2, -0.15) is 0 Å². The van der Waals surface area contributed by atoms with Crippen molar-refractivity contribution in [1.29, 1.82) is 21.3 Å². The van der Waals surface area contributed by atoms with Crippen LogP contribution in [0.4, 0.5) is 0 Å². The molecule has 0 bridgehead atoms. The van der Waals surface area contributed by atoms with Gasteiger partial charge in [-0.15, -0.1) is 10.5 Å². The first-order chi connectivity index (χ1) is 18.2. The summed E-state index contributed by atoms with van der Waals surface area (Å²) in [4.78, 5) is 0. The van der Waals surface area contributed by atoms with Crippen LogP contribution >= 0.6 is 0 Å². The molecule has 1 aliphatic rings. The minimum atomic E-state index is -1.43. The standard InChI is InChI=1S/C30H26N6O2/c1-19-15-22(10-12-25(19)37-17-31)29(23-11-13-26(38-18-32)20(2)16-23)14-6-9-24(27(33)34)30(29,28(35)36)21-7-4-3-5-8-21/h3-16H,1-2H3,(H3,33,34)(H3,35,36). The average Bonchev–Trinajstić information content (AvgIpc) is 2.90. The van der Waals surface area contributed by atoms with Crippen LogP contribution in [-0.2, 0) is 10.8 Å². The van der Waals surface area contributed by atoms with Gasteiger partial charge in [0.15, 0.2) is 0 Å². The number of amidine groups is 2. The Morgan fingerprint density at radius 1 is 0.789 bits per heavy atom. The molecule has 1 atom stereocenters. The minimum absolute atomic E-state index is 0.209. The highest BCUT2D eigenvalue weighted by Gasteiger charge is 2.59. The molecule has 0 heterocycles. The summed E-state index contributed by atoms with van der Waals surface area (Å²) in [6.07, 6.45) is 8.90. The number of allylic oxidation sites excluding steroid dienone is 3. The molecule has 0 aromatic heterocycles. The van der Waals surface area contributed by atoms with E-state index in [0.717, 1.165) is 11.1 Å². The molecule has 8 nitrogen and oxygen atoms in total. The van der Waals surface area contributed by atoms with Gasteiger partial charge in [0.2, 0.25) is 0 Å². The summed E-state index contributed by atoms with van der Waals surface area (Å²) in [7, 11) is 0. The Labute approximate surface area is 221 Å². The Morgan fingerprint density at radius 2 is 1.32 bits per heavy atom. The van der Waals surface area contributed by atoms with E-state index in [2.05, 4.69) is 0 Å². The molecule has 0 saturated heterocycles. The fourth-order valence-corrected chi connectivity index (χ4v) is 5.54. The lowest BCUT2D eigenvalue weighted by Crippen LogP contribution is -2.60. The topological polar surface area (TPSA) is 166 Å². The molecular formula is C30H26N6O2. The van der Waals surface area contributed by atoms with E-state index in [1.165, 1.54) is 0 Å². The number of nitriles is 2. The molecule has 0 radical (unpaired) electrons. The maximum atomic E-state index is 9.09. The van der Waals surface area contributed by atoms with Gasteiger partial charge >= 0.3 is 0 Å². The van der Waals surface area contributed by atoms with Crippen LogP contribution in [0.1, 0.15) is 27.8 Å². The maximum Gasteiger partial charge on any atom is 0.292 e. The number of rotatable bonds is 7. The molecule has 0 amide bonds. The van der Waals surface area contributed by atoms with Crippen molar-refractivity contribution in [2.45, 2.75) is 24.7 Å². The van der Waals surface area contributed by atoms with E-state index in [0.29, 0.717) is 33.8 Å². The molecule has 0 spiro atoms. The Morgan fingerprint density at radius 3 is 1.74 bits per heavy atom. The Bertz CT molecular complexity index is 1510. The Balaban J connectivity index is 2.21. The van der Waals surface area contributed by atoms with Crippen LogP contribution in [0.2, 0.25) is 0 Å². The Kier molecular flexibility index (Phi) is 6.75. The van der Waals surface area contributed by atoms with Crippen LogP contribution in [0.3, 0.4) is 0 Å². The van der Waals surface area contributed by atoms with Crippen LogP contribution in [0.5, 0.6) is 11.5 Å². The number of hydrogen-bond donors (Lipinski definition) is 4. The van der Waals surface area contributed by atoms with Gasteiger partial charge in [0.1, 0.15) is 23.2 Å². The summed E-state index contributed by atoms with van der Waals surface area (Å²) in [6, 6.07) is 20.1. The number of nitrogens with two attached hydrogens (primary N) is 2. The smallest absolute Gasteiger partial charge is 0.292 e. The fraction of sp³-hybridized carbons (Fsp3) is 0.133.